The van der Waals surface area contributed by atoms with E-state index in [0.29, 0.717) is 6.61 Å². The summed E-state index contributed by atoms with van der Waals surface area (Å²) >= 11 is 0. The molecule has 3 heteroatoms. The van der Waals surface area contributed by atoms with E-state index < -0.39 is 5.97 Å². The molecule has 1 aromatic rings. The highest BCUT2D eigenvalue weighted by Crippen LogP contribution is 2.13. The van der Waals surface area contributed by atoms with Crippen LogP contribution in [0, 0.1) is 5.92 Å². The van der Waals surface area contributed by atoms with Gasteiger partial charge in [0, 0.05) is 5.92 Å². The van der Waals surface area contributed by atoms with E-state index in [1.807, 2.05) is 37.3 Å². The molecule has 0 atom stereocenters. The van der Waals surface area contributed by atoms with Gasteiger partial charge in [-0.1, -0.05) is 51.1 Å². The van der Waals surface area contributed by atoms with Crippen molar-refractivity contribution in [3.05, 3.63) is 41.5 Å². The second-order valence-corrected chi connectivity index (χ2v) is 4.62. The Morgan fingerprint density at radius 1 is 1.21 bits per heavy atom. The van der Waals surface area contributed by atoms with Gasteiger partial charge in [0.05, 0.1) is 6.61 Å². The zero-order valence-corrected chi connectivity index (χ0v) is 11.7. The molecule has 1 aromatic carbocycles. The molecule has 0 fully saturated rings. The Hall–Kier alpha value is -1.90. The van der Waals surface area contributed by atoms with Crippen LogP contribution in [0.2, 0.25) is 0 Å². The number of ketones is 1. The van der Waals surface area contributed by atoms with Crippen LogP contribution in [-0.2, 0) is 14.3 Å². The molecule has 0 heterocycles. The van der Waals surface area contributed by atoms with Crippen LogP contribution in [0.1, 0.15) is 32.8 Å². The van der Waals surface area contributed by atoms with Crippen LogP contribution in [-0.4, -0.2) is 18.4 Å². The molecule has 0 unspecified atom stereocenters. The van der Waals surface area contributed by atoms with Crippen LogP contribution in [0.3, 0.4) is 0 Å². The number of Topliss-reactive ketones (excluding diaryl/α,β-unsaturated/α-hetero) is 1. The molecule has 0 aliphatic heterocycles. The van der Waals surface area contributed by atoms with E-state index in [-0.39, 0.29) is 17.3 Å². The highest BCUT2D eigenvalue weighted by molar-refractivity contribution is 6.21. The first-order valence-corrected chi connectivity index (χ1v) is 6.54. The highest BCUT2D eigenvalue weighted by Gasteiger charge is 2.22. The van der Waals surface area contributed by atoms with Crippen LogP contribution < -0.4 is 0 Å². The number of esters is 1. The number of carbonyl (C=O) groups excluding carboxylic acids is 2. The van der Waals surface area contributed by atoms with Gasteiger partial charge in [-0.3, -0.25) is 4.79 Å². The molecule has 3 nitrogen and oxygen atoms in total. The Morgan fingerprint density at radius 3 is 2.37 bits per heavy atom. The maximum atomic E-state index is 12.1. The number of carbonyl (C=O) groups is 2. The number of benzene rings is 1. The maximum absolute atomic E-state index is 12.1. The topological polar surface area (TPSA) is 43.4 Å². The van der Waals surface area contributed by atoms with E-state index in [9.17, 15) is 9.59 Å². The minimum Gasteiger partial charge on any atom is -0.462 e. The maximum Gasteiger partial charge on any atom is 0.341 e. The van der Waals surface area contributed by atoms with Gasteiger partial charge < -0.3 is 4.74 Å². The average molecular weight is 260 g/mol. The molecular weight excluding hydrogens is 240 g/mol. The van der Waals surface area contributed by atoms with E-state index in [1.165, 1.54) is 0 Å². The fourth-order valence-electron chi connectivity index (χ4n) is 1.53. The Labute approximate surface area is 114 Å². The van der Waals surface area contributed by atoms with Gasteiger partial charge in [0.25, 0.3) is 0 Å². The Kier molecular flexibility index (Phi) is 6.00. The van der Waals surface area contributed by atoms with Gasteiger partial charge in [-0.25, -0.2) is 4.79 Å². The smallest absolute Gasteiger partial charge is 0.341 e. The minimum absolute atomic E-state index is 0.120. The first-order chi connectivity index (χ1) is 9.06. The third-order valence-electron chi connectivity index (χ3n) is 2.56. The first-order valence-electron chi connectivity index (χ1n) is 6.54. The predicted octanol–water partition coefficient (Wildman–Crippen LogP) is 3.25. The minimum atomic E-state index is -0.538. The van der Waals surface area contributed by atoms with Gasteiger partial charge in [0.2, 0.25) is 0 Å². The van der Waals surface area contributed by atoms with Crippen molar-refractivity contribution in [2.24, 2.45) is 5.92 Å². The molecule has 0 aromatic heterocycles. The van der Waals surface area contributed by atoms with Crippen molar-refractivity contribution < 1.29 is 14.3 Å². The van der Waals surface area contributed by atoms with Crippen molar-refractivity contribution in [2.45, 2.75) is 27.2 Å². The molecule has 102 valence electrons. The van der Waals surface area contributed by atoms with Crippen LogP contribution in [0.4, 0.5) is 0 Å². The third-order valence-corrected chi connectivity index (χ3v) is 2.56. The lowest BCUT2D eigenvalue weighted by Gasteiger charge is -2.09. The third kappa shape index (κ3) is 4.70. The molecule has 19 heavy (non-hydrogen) atoms. The molecule has 0 amide bonds. The summed E-state index contributed by atoms with van der Waals surface area (Å²) in [6.45, 7) is 5.79. The Morgan fingerprint density at radius 2 is 1.84 bits per heavy atom. The van der Waals surface area contributed by atoms with E-state index >= 15 is 0 Å². The predicted molar refractivity (Wildman–Crippen MR) is 75.5 cm³/mol. The average Bonchev–Trinajstić information content (AvgIpc) is 2.42. The fourth-order valence-corrected chi connectivity index (χ4v) is 1.53. The van der Waals surface area contributed by atoms with Crippen LogP contribution in [0.25, 0.3) is 6.08 Å². The van der Waals surface area contributed by atoms with Crippen molar-refractivity contribution in [3.8, 4) is 0 Å². The molecule has 0 aliphatic rings. The largest absolute Gasteiger partial charge is 0.462 e. The Bertz CT molecular complexity index is 458. The molecule has 0 aliphatic carbocycles. The van der Waals surface area contributed by atoms with Gasteiger partial charge in [0.1, 0.15) is 5.57 Å². The summed E-state index contributed by atoms with van der Waals surface area (Å²) in [6, 6.07) is 9.31. The number of hydrogen-bond donors (Lipinski definition) is 0. The molecule has 0 radical (unpaired) electrons. The van der Waals surface area contributed by atoms with Gasteiger partial charge in [-0.2, -0.15) is 0 Å². The van der Waals surface area contributed by atoms with Crippen molar-refractivity contribution >= 4 is 17.8 Å². The molecule has 0 spiro atoms. The summed E-state index contributed by atoms with van der Waals surface area (Å²) in [7, 11) is 0. The van der Waals surface area contributed by atoms with Gasteiger partial charge >= 0.3 is 5.97 Å². The molecule has 0 N–H and O–H groups in total. The van der Waals surface area contributed by atoms with E-state index in [0.717, 1.165) is 12.0 Å². The summed E-state index contributed by atoms with van der Waals surface area (Å²) in [4.78, 5) is 24.0. The molecule has 0 saturated carbocycles. The second-order valence-electron chi connectivity index (χ2n) is 4.62. The number of ether oxygens (including phenoxy) is 1. The van der Waals surface area contributed by atoms with E-state index in [2.05, 4.69) is 0 Å². The summed E-state index contributed by atoms with van der Waals surface area (Å²) < 4.78 is 5.07. The number of hydrogen-bond acceptors (Lipinski definition) is 3. The zero-order chi connectivity index (χ0) is 14.3. The first kappa shape index (κ1) is 15.2. The molecular formula is C16H20O3. The standard InChI is InChI=1S/C16H20O3/c1-4-10-19-16(18)14(15(17)12(2)3)11-13-8-6-5-7-9-13/h5-9,11-12H,4,10H2,1-3H3. The van der Waals surface area contributed by atoms with Crippen LogP contribution >= 0.6 is 0 Å². The normalized spacial score (nSPS) is 11.5. The fraction of sp³-hybridized carbons (Fsp3) is 0.375. The van der Waals surface area contributed by atoms with E-state index in [4.69, 9.17) is 4.74 Å². The van der Waals surface area contributed by atoms with E-state index in [1.54, 1.807) is 19.9 Å². The molecule has 1 rings (SSSR count). The van der Waals surface area contributed by atoms with Crippen LogP contribution in [0.15, 0.2) is 35.9 Å². The second kappa shape index (κ2) is 7.52. The SMILES string of the molecule is CCCOC(=O)C(=Cc1ccccc1)C(=O)C(C)C. The van der Waals surface area contributed by atoms with Crippen LogP contribution in [0.5, 0.6) is 0 Å². The summed E-state index contributed by atoms with van der Waals surface area (Å²) in [5.41, 5.74) is 0.939. The highest BCUT2D eigenvalue weighted by atomic mass is 16.5. The van der Waals surface area contributed by atoms with Crippen molar-refractivity contribution in [3.63, 3.8) is 0 Å². The zero-order valence-electron chi connectivity index (χ0n) is 11.7. The van der Waals surface area contributed by atoms with Gasteiger partial charge in [-0.05, 0) is 18.1 Å². The molecule has 0 bridgehead atoms. The lowest BCUT2D eigenvalue weighted by atomic mass is 9.99. The lowest BCUT2D eigenvalue weighted by Crippen LogP contribution is -2.20. The van der Waals surface area contributed by atoms with Crippen molar-refractivity contribution in [1.82, 2.24) is 0 Å². The van der Waals surface area contributed by atoms with Gasteiger partial charge in [0.15, 0.2) is 5.78 Å². The number of rotatable bonds is 6. The van der Waals surface area contributed by atoms with Crippen molar-refractivity contribution in [1.29, 1.82) is 0 Å². The summed E-state index contributed by atoms with van der Waals surface area (Å²) in [5.74, 6) is -0.960. The molecule has 0 saturated heterocycles. The van der Waals surface area contributed by atoms with Crippen molar-refractivity contribution in [2.75, 3.05) is 6.61 Å². The lowest BCUT2D eigenvalue weighted by molar-refractivity contribution is -0.140. The summed E-state index contributed by atoms with van der Waals surface area (Å²) in [6.07, 6.45) is 2.33. The quantitative estimate of drug-likeness (QED) is 0.341. The monoisotopic (exact) mass is 260 g/mol. The summed E-state index contributed by atoms with van der Waals surface area (Å²) in [5, 5.41) is 0. The van der Waals surface area contributed by atoms with Gasteiger partial charge in [-0.15, -0.1) is 0 Å². The Balaban J connectivity index is 3.02.